The Balaban J connectivity index is 1.01. The highest BCUT2D eigenvalue weighted by molar-refractivity contribution is 5.93. The lowest BCUT2D eigenvalue weighted by Gasteiger charge is -2.33. The number of dihydropyridines is 1. The van der Waals surface area contributed by atoms with Crippen LogP contribution in [-0.2, 0) is 5.41 Å². The molecular formula is C48H44N2. The molecule has 0 fully saturated rings. The van der Waals surface area contributed by atoms with Crippen molar-refractivity contribution in [1.29, 1.82) is 0 Å². The van der Waals surface area contributed by atoms with Gasteiger partial charge in [-0.15, -0.1) is 0 Å². The molecular weight excluding hydrogens is 605 g/mol. The van der Waals surface area contributed by atoms with Gasteiger partial charge in [-0.1, -0.05) is 118 Å². The minimum absolute atomic E-state index is 0.142. The number of benzene rings is 3. The van der Waals surface area contributed by atoms with E-state index >= 15 is 0 Å². The molecule has 3 aromatic carbocycles. The van der Waals surface area contributed by atoms with Gasteiger partial charge in [0.15, 0.2) is 0 Å². The molecule has 3 aromatic rings. The number of nitrogens with one attached hydrogen (secondary N) is 1. The van der Waals surface area contributed by atoms with Crippen molar-refractivity contribution in [2.24, 2.45) is 5.92 Å². The average molecular weight is 649 g/mol. The van der Waals surface area contributed by atoms with Gasteiger partial charge in [0, 0.05) is 35.8 Å². The molecule has 50 heavy (non-hydrogen) atoms. The predicted octanol–water partition coefficient (Wildman–Crippen LogP) is 11.6. The lowest BCUT2D eigenvalue weighted by atomic mass is 9.71. The maximum absolute atomic E-state index is 4.56. The summed E-state index contributed by atoms with van der Waals surface area (Å²) in [6.07, 6.45) is 28.5. The first-order chi connectivity index (χ1) is 24.5. The number of hydrogen-bond acceptors (Lipinski definition) is 2. The monoisotopic (exact) mass is 648 g/mol. The second kappa shape index (κ2) is 12.2. The van der Waals surface area contributed by atoms with E-state index in [1.807, 2.05) is 0 Å². The van der Waals surface area contributed by atoms with Crippen LogP contribution in [0.15, 0.2) is 168 Å². The number of fused-ring (bicyclic) bond motifs is 4. The lowest BCUT2D eigenvalue weighted by Crippen LogP contribution is -2.25. The van der Waals surface area contributed by atoms with Crippen LogP contribution in [-0.4, -0.2) is 6.54 Å². The summed E-state index contributed by atoms with van der Waals surface area (Å²) < 4.78 is 0. The SMILES string of the molecule is C=C1/C=C(c2ccc(C3=CNCC4=C3C=CCC4)cc2)\C=C/N(C2=CC=C(C3=CC=C4c5ccccc5C(C)(C)C4C3)CC2)c2ccccc21. The van der Waals surface area contributed by atoms with Crippen LogP contribution in [0.25, 0.3) is 22.3 Å². The Morgan fingerprint density at radius 1 is 0.780 bits per heavy atom. The molecule has 0 saturated heterocycles. The van der Waals surface area contributed by atoms with E-state index in [9.17, 15) is 0 Å². The van der Waals surface area contributed by atoms with Gasteiger partial charge in [0.2, 0.25) is 0 Å². The summed E-state index contributed by atoms with van der Waals surface area (Å²) in [5.74, 6) is 0.523. The Kier molecular flexibility index (Phi) is 7.50. The van der Waals surface area contributed by atoms with Crippen LogP contribution in [0.2, 0.25) is 0 Å². The Morgan fingerprint density at radius 3 is 2.40 bits per heavy atom. The fraction of sp³-hybridized carbons (Fsp3) is 0.208. The molecule has 1 atom stereocenters. The molecule has 0 spiro atoms. The van der Waals surface area contributed by atoms with Crippen LogP contribution in [0.4, 0.5) is 5.69 Å². The van der Waals surface area contributed by atoms with Crippen molar-refractivity contribution < 1.29 is 0 Å². The van der Waals surface area contributed by atoms with Crippen LogP contribution in [0.5, 0.6) is 0 Å². The molecule has 1 N–H and O–H groups in total. The van der Waals surface area contributed by atoms with Gasteiger partial charge in [-0.05, 0) is 129 Å². The van der Waals surface area contributed by atoms with Crippen LogP contribution in [0.1, 0.15) is 73.8 Å². The normalized spacial score (nSPS) is 23.6. The van der Waals surface area contributed by atoms with E-state index in [4.69, 9.17) is 0 Å². The molecule has 0 aromatic heterocycles. The fourth-order valence-corrected chi connectivity index (χ4v) is 8.99. The van der Waals surface area contributed by atoms with Gasteiger partial charge in [-0.3, -0.25) is 0 Å². The number of rotatable bonds is 4. The Bertz CT molecular complexity index is 2210. The molecule has 2 aliphatic heterocycles. The number of anilines is 1. The summed E-state index contributed by atoms with van der Waals surface area (Å²) in [4.78, 5) is 2.39. The first-order valence-electron chi connectivity index (χ1n) is 18.3. The zero-order valence-electron chi connectivity index (χ0n) is 29.2. The smallest absolute Gasteiger partial charge is 0.0530 e. The third-order valence-electron chi connectivity index (χ3n) is 11.8. The molecule has 6 aliphatic rings. The molecule has 2 heterocycles. The fourth-order valence-electron chi connectivity index (χ4n) is 8.99. The second-order valence-corrected chi connectivity index (χ2v) is 15.0. The summed E-state index contributed by atoms with van der Waals surface area (Å²) in [6, 6.07) is 26.8. The van der Waals surface area contributed by atoms with Crippen LogP contribution < -0.4 is 10.2 Å². The van der Waals surface area contributed by atoms with Gasteiger partial charge in [0.1, 0.15) is 0 Å². The first-order valence-corrected chi connectivity index (χ1v) is 18.3. The molecule has 4 aliphatic carbocycles. The molecule has 2 heteroatoms. The van der Waals surface area contributed by atoms with Crippen molar-refractivity contribution in [1.82, 2.24) is 5.32 Å². The van der Waals surface area contributed by atoms with Crippen LogP contribution in [0, 0.1) is 5.92 Å². The Morgan fingerprint density at radius 2 is 1.56 bits per heavy atom. The number of allylic oxidation sites excluding steroid dienone is 16. The molecule has 0 bridgehead atoms. The quantitative estimate of drug-likeness (QED) is 0.303. The van der Waals surface area contributed by atoms with E-state index in [-0.39, 0.29) is 5.41 Å². The van der Waals surface area contributed by atoms with Gasteiger partial charge < -0.3 is 10.2 Å². The summed E-state index contributed by atoms with van der Waals surface area (Å²) in [5.41, 5.74) is 20.0. The highest BCUT2D eigenvalue weighted by Gasteiger charge is 2.43. The van der Waals surface area contributed by atoms with Gasteiger partial charge in [0.25, 0.3) is 0 Å². The lowest BCUT2D eigenvalue weighted by molar-refractivity contribution is 0.408. The van der Waals surface area contributed by atoms with E-state index in [1.54, 1.807) is 0 Å². The molecule has 0 radical (unpaired) electrons. The topological polar surface area (TPSA) is 15.3 Å². The largest absolute Gasteiger partial charge is 0.387 e. The first kappa shape index (κ1) is 30.7. The van der Waals surface area contributed by atoms with E-state index in [1.165, 1.54) is 72.6 Å². The zero-order valence-corrected chi connectivity index (χ0v) is 29.2. The predicted molar refractivity (Wildman–Crippen MR) is 212 cm³/mol. The minimum atomic E-state index is 0.142. The van der Waals surface area contributed by atoms with Crippen molar-refractivity contribution >= 4 is 28.0 Å². The van der Waals surface area contributed by atoms with E-state index in [0.29, 0.717) is 5.92 Å². The highest BCUT2D eigenvalue weighted by Crippen LogP contribution is 2.54. The van der Waals surface area contributed by atoms with Gasteiger partial charge in [-0.2, -0.15) is 0 Å². The molecule has 2 nitrogen and oxygen atoms in total. The maximum atomic E-state index is 4.56. The molecule has 1 unspecified atom stereocenters. The standard InChI is InChI=1S/C48H44N2/c1-32-28-37(33-16-18-35(19-17-33)44-31-49-30-38-10-4-5-12-41(38)44)26-27-50(47-15-9-7-11-40(32)47)39-23-20-34(21-24-39)36-22-25-43-42-13-6-8-14-45(42)48(2,3)46(43)29-36/h5-9,11-20,22-23,25-28,31,46,49H,1,4,10,21,24,29-30H2,2-3H3/b27-26-,37-28+. The van der Waals surface area contributed by atoms with E-state index in [0.717, 1.165) is 49.8 Å². The van der Waals surface area contributed by atoms with Gasteiger partial charge in [0.05, 0.1) is 5.69 Å². The molecule has 0 amide bonds. The Labute approximate surface area is 297 Å². The third kappa shape index (κ3) is 5.17. The zero-order chi connectivity index (χ0) is 33.8. The summed E-state index contributed by atoms with van der Waals surface area (Å²) >= 11 is 0. The highest BCUT2D eigenvalue weighted by atomic mass is 15.1. The van der Waals surface area contributed by atoms with Crippen molar-refractivity contribution in [2.45, 2.75) is 51.4 Å². The molecule has 246 valence electrons. The van der Waals surface area contributed by atoms with Gasteiger partial charge in [-0.25, -0.2) is 0 Å². The summed E-state index contributed by atoms with van der Waals surface area (Å²) in [5, 5.41) is 3.51. The average Bonchev–Trinajstić information content (AvgIpc) is 3.39. The minimum Gasteiger partial charge on any atom is -0.387 e. The maximum Gasteiger partial charge on any atom is 0.0530 e. The third-order valence-corrected chi connectivity index (χ3v) is 11.8. The summed E-state index contributed by atoms with van der Waals surface area (Å²) in [7, 11) is 0. The molecule has 0 saturated carbocycles. The number of hydrogen-bond donors (Lipinski definition) is 1. The van der Waals surface area contributed by atoms with E-state index in [2.05, 4.69) is 164 Å². The summed E-state index contributed by atoms with van der Waals surface area (Å²) in [6.45, 7) is 10.4. The van der Waals surface area contributed by atoms with Crippen LogP contribution in [0.3, 0.4) is 0 Å². The number of para-hydroxylation sites is 1. The second-order valence-electron chi connectivity index (χ2n) is 15.0. The van der Waals surface area contributed by atoms with Crippen molar-refractivity contribution in [2.75, 3.05) is 11.4 Å². The van der Waals surface area contributed by atoms with Gasteiger partial charge >= 0.3 is 0 Å². The van der Waals surface area contributed by atoms with Crippen molar-refractivity contribution in [3.8, 4) is 0 Å². The van der Waals surface area contributed by atoms with E-state index < -0.39 is 0 Å². The van der Waals surface area contributed by atoms with Crippen molar-refractivity contribution in [3.05, 3.63) is 196 Å². The Hall–Kier alpha value is -5.34. The number of nitrogens with zero attached hydrogens (tertiary/aromatic N) is 1. The van der Waals surface area contributed by atoms with Crippen LogP contribution >= 0.6 is 0 Å². The molecule has 9 rings (SSSR count). The van der Waals surface area contributed by atoms with Crippen molar-refractivity contribution in [3.63, 3.8) is 0 Å².